The number of rotatable bonds is 6. The van der Waals surface area contributed by atoms with Gasteiger partial charge in [-0.3, -0.25) is 14.9 Å². The molecule has 2 bridgehead atoms. The van der Waals surface area contributed by atoms with Crippen LogP contribution in [0.25, 0.3) is 22.3 Å². The second-order valence-corrected chi connectivity index (χ2v) is 13.6. The van der Waals surface area contributed by atoms with Gasteiger partial charge in [0.05, 0.1) is 16.5 Å². The number of aryl methyl sites for hydroxylation is 1. The van der Waals surface area contributed by atoms with E-state index in [1.807, 2.05) is 21.9 Å². The molecule has 0 unspecified atom stereocenters. The van der Waals surface area contributed by atoms with Crippen molar-refractivity contribution in [3.8, 4) is 17.4 Å². The van der Waals surface area contributed by atoms with Gasteiger partial charge >= 0.3 is 18.1 Å². The molecule has 4 aliphatic heterocycles. The summed E-state index contributed by atoms with van der Waals surface area (Å²) in [4.78, 5) is 24.4. The molecule has 51 heavy (non-hydrogen) atoms. The highest BCUT2D eigenvalue weighted by Crippen LogP contribution is 2.48. The molecule has 0 spiro atoms. The fraction of sp³-hybridized carbons (Fsp3) is 0.500. The zero-order valence-corrected chi connectivity index (χ0v) is 27.6. The maximum Gasteiger partial charge on any atom is 0.458 e. The van der Waals surface area contributed by atoms with Crippen LogP contribution < -0.4 is 20.7 Å². The Kier molecular flexibility index (Phi) is 9.14. The van der Waals surface area contributed by atoms with Gasteiger partial charge in [0.1, 0.15) is 41.3 Å². The minimum absolute atomic E-state index is 0.0616. The molecule has 3 N–H and O–H groups in total. The average molecular weight is 720 g/mol. The number of ether oxygens (including phenoxy) is 1. The first-order valence-corrected chi connectivity index (χ1v) is 16.7. The van der Waals surface area contributed by atoms with Crippen LogP contribution in [0.1, 0.15) is 43.2 Å². The molecule has 4 aromatic rings. The van der Waals surface area contributed by atoms with Crippen LogP contribution in [0, 0.1) is 12.7 Å². The number of fused-ring (bicyclic) bond motifs is 4. The number of anilines is 2. The lowest BCUT2D eigenvalue weighted by molar-refractivity contribution is -0.289. The van der Waals surface area contributed by atoms with E-state index in [-0.39, 0.29) is 42.0 Å². The Morgan fingerprint density at radius 2 is 1.75 bits per heavy atom. The van der Waals surface area contributed by atoms with Crippen LogP contribution in [0.5, 0.6) is 6.01 Å². The third-order valence-corrected chi connectivity index (χ3v) is 10.1. The molecule has 4 atom stereocenters. The number of aromatic nitrogens is 5. The first kappa shape index (κ1) is 35.0. The summed E-state index contributed by atoms with van der Waals surface area (Å²) in [6.07, 6.45) is 0.681. The Balaban J connectivity index is 0.000000520. The molecule has 0 aliphatic carbocycles. The van der Waals surface area contributed by atoms with Crippen molar-refractivity contribution >= 4 is 22.5 Å². The predicted octanol–water partition coefficient (Wildman–Crippen LogP) is 5.75. The van der Waals surface area contributed by atoms with Crippen molar-refractivity contribution in [2.45, 2.75) is 74.9 Å². The number of hydrogen-bond acceptors (Lipinski definition) is 10. The van der Waals surface area contributed by atoms with E-state index in [4.69, 9.17) is 10.5 Å². The molecule has 0 saturated carbocycles. The van der Waals surface area contributed by atoms with E-state index in [9.17, 15) is 26.3 Å². The van der Waals surface area contributed by atoms with E-state index < -0.39 is 52.1 Å². The molecule has 17 heteroatoms. The monoisotopic (exact) mass is 719 g/mol. The third kappa shape index (κ3) is 6.61. The molecule has 0 radical (unpaired) electrons. The quantitative estimate of drug-likeness (QED) is 0.239. The molecular formula is C34H36F7N9O. The molecular weight excluding hydrogens is 683 g/mol. The topological polar surface area (TPSA) is 118 Å². The minimum atomic E-state index is -5.95. The van der Waals surface area contributed by atoms with Crippen molar-refractivity contribution in [2.75, 3.05) is 43.4 Å². The minimum Gasteiger partial charge on any atom is -0.461 e. The van der Waals surface area contributed by atoms with Gasteiger partial charge in [0.15, 0.2) is 5.82 Å². The number of piperazine rings is 1. The maximum absolute atomic E-state index is 16.4. The molecule has 4 aromatic heterocycles. The van der Waals surface area contributed by atoms with Crippen LogP contribution in [-0.4, -0.2) is 92.6 Å². The van der Waals surface area contributed by atoms with Crippen molar-refractivity contribution in [3.05, 3.63) is 59.8 Å². The molecule has 10 nitrogen and oxygen atoms in total. The number of nitrogens with one attached hydrogen (secondary N) is 1. The van der Waals surface area contributed by atoms with Crippen molar-refractivity contribution < 1.29 is 35.5 Å². The van der Waals surface area contributed by atoms with Crippen LogP contribution in [0.15, 0.2) is 42.9 Å². The molecule has 4 fully saturated rings. The molecule has 272 valence electrons. The van der Waals surface area contributed by atoms with Gasteiger partial charge in [0.2, 0.25) is 0 Å². The van der Waals surface area contributed by atoms with E-state index in [2.05, 4.69) is 30.2 Å². The summed E-state index contributed by atoms with van der Waals surface area (Å²) in [6.45, 7) is 3.26. The molecule has 4 saturated heterocycles. The summed E-state index contributed by atoms with van der Waals surface area (Å²) < 4.78 is 107. The molecule has 0 amide bonds. The van der Waals surface area contributed by atoms with E-state index in [0.29, 0.717) is 37.7 Å². The van der Waals surface area contributed by atoms with Crippen LogP contribution in [0.3, 0.4) is 0 Å². The van der Waals surface area contributed by atoms with E-state index in [0.717, 1.165) is 45.0 Å². The SMILES string of the molecule is Cc1ccnc(-c2ncc3c(N4C[C@H]5CC[C@@H](C4)N5)nc(OC[C@@]45CCCN4C[C@H](F)C5)nc3c2F)c1C(F)(F)C(F)(F)F.Nc1ccccn1. The van der Waals surface area contributed by atoms with Crippen molar-refractivity contribution in [1.82, 2.24) is 35.1 Å². The number of halogens is 7. The Bertz CT molecular complexity index is 1890. The Labute approximate surface area is 288 Å². The number of hydrogen-bond donors (Lipinski definition) is 2. The predicted molar refractivity (Wildman–Crippen MR) is 175 cm³/mol. The standard InChI is InChI=1S/C29H30F7N7O.C5H6N2/c1-15-5-7-37-23(20(15)28(32,33)29(34,35)36)24-21(31)22-19(10-38-24)25(42-12-17-3-4-18(13-42)39-17)41-26(40-22)44-14-27-6-2-8-43(27)11-16(30)9-27;6-5-3-1-2-4-7-5/h5,7,10,16-18,39H,2-4,6,8-9,11-14H2,1H3;1-4H,(H2,6,7)/t16-,17-,18+,27+;/m1./s1. The van der Waals surface area contributed by atoms with Crippen LogP contribution in [-0.2, 0) is 5.92 Å². The molecule has 4 aliphatic rings. The van der Waals surface area contributed by atoms with Gasteiger partial charge in [-0.2, -0.15) is 31.9 Å². The van der Waals surface area contributed by atoms with Gasteiger partial charge in [-0.1, -0.05) is 6.07 Å². The summed E-state index contributed by atoms with van der Waals surface area (Å²) in [5.74, 6) is -5.66. The Hall–Kier alpha value is -4.38. The molecule has 8 heterocycles. The first-order valence-electron chi connectivity index (χ1n) is 16.7. The van der Waals surface area contributed by atoms with Crippen LogP contribution in [0.2, 0.25) is 0 Å². The number of pyridine rings is 3. The second kappa shape index (κ2) is 13.3. The van der Waals surface area contributed by atoms with Crippen molar-refractivity contribution in [2.24, 2.45) is 0 Å². The number of alkyl halides is 6. The van der Waals surface area contributed by atoms with Crippen molar-refractivity contribution in [3.63, 3.8) is 0 Å². The highest BCUT2D eigenvalue weighted by atomic mass is 19.4. The maximum atomic E-state index is 16.4. The van der Waals surface area contributed by atoms with Gasteiger partial charge in [-0.15, -0.1) is 0 Å². The summed E-state index contributed by atoms with van der Waals surface area (Å²) in [6, 6.07) is 6.58. The highest BCUT2D eigenvalue weighted by Gasteiger charge is 2.61. The Morgan fingerprint density at radius 1 is 0.980 bits per heavy atom. The largest absolute Gasteiger partial charge is 0.461 e. The van der Waals surface area contributed by atoms with Gasteiger partial charge in [-0.05, 0) is 62.9 Å². The second-order valence-electron chi connectivity index (χ2n) is 13.6. The van der Waals surface area contributed by atoms with E-state index in [1.165, 1.54) is 6.20 Å². The van der Waals surface area contributed by atoms with Gasteiger partial charge < -0.3 is 20.7 Å². The number of nitrogen functional groups attached to an aromatic ring is 1. The molecule has 8 rings (SSSR count). The van der Waals surface area contributed by atoms with E-state index >= 15 is 4.39 Å². The zero-order valence-electron chi connectivity index (χ0n) is 27.6. The van der Waals surface area contributed by atoms with Gasteiger partial charge in [0, 0.05) is 56.7 Å². The highest BCUT2D eigenvalue weighted by molar-refractivity contribution is 5.92. The normalized spacial score (nSPS) is 24.8. The summed E-state index contributed by atoms with van der Waals surface area (Å²) in [5.41, 5.74) is 0.716. The smallest absolute Gasteiger partial charge is 0.458 e. The fourth-order valence-electron chi connectivity index (χ4n) is 7.76. The van der Waals surface area contributed by atoms with E-state index in [1.54, 1.807) is 12.3 Å². The third-order valence-electron chi connectivity index (χ3n) is 10.1. The molecule has 0 aromatic carbocycles. The first-order chi connectivity index (χ1) is 24.3. The van der Waals surface area contributed by atoms with Gasteiger partial charge in [0.25, 0.3) is 0 Å². The zero-order chi connectivity index (χ0) is 36.1. The van der Waals surface area contributed by atoms with Crippen LogP contribution >= 0.6 is 0 Å². The van der Waals surface area contributed by atoms with Crippen LogP contribution in [0.4, 0.5) is 42.4 Å². The Morgan fingerprint density at radius 3 is 2.41 bits per heavy atom. The van der Waals surface area contributed by atoms with Gasteiger partial charge in [-0.25, -0.2) is 13.8 Å². The average Bonchev–Trinajstić information content (AvgIpc) is 3.73. The lowest BCUT2D eigenvalue weighted by atomic mass is 9.95. The number of nitrogens with zero attached hydrogens (tertiary/aromatic N) is 7. The summed E-state index contributed by atoms with van der Waals surface area (Å²) in [7, 11) is 0. The lowest BCUT2D eigenvalue weighted by Gasteiger charge is -2.34. The number of nitrogens with two attached hydrogens (primary N) is 1. The van der Waals surface area contributed by atoms with Crippen molar-refractivity contribution in [1.29, 1.82) is 0 Å². The summed E-state index contributed by atoms with van der Waals surface area (Å²) in [5, 5.41) is 3.66. The summed E-state index contributed by atoms with van der Waals surface area (Å²) >= 11 is 0. The fourth-order valence-corrected chi connectivity index (χ4v) is 7.76. The lowest BCUT2D eigenvalue weighted by Crippen LogP contribution is -2.51.